The number of rotatable bonds is 3. The van der Waals surface area contributed by atoms with Crippen molar-refractivity contribution < 1.29 is 9.47 Å². The van der Waals surface area contributed by atoms with Gasteiger partial charge in [-0.25, -0.2) is 0 Å². The largest absolute Gasteiger partial charge is 0.490 e. The third kappa shape index (κ3) is 3.13. The molecule has 1 aromatic carbocycles. The summed E-state index contributed by atoms with van der Waals surface area (Å²) in [5, 5.41) is 0. The van der Waals surface area contributed by atoms with Crippen molar-refractivity contribution in [1.82, 2.24) is 9.55 Å². The van der Waals surface area contributed by atoms with E-state index in [0.717, 1.165) is 5.75 Å². The highest BCUT2D eigenvalue weighted by Gasteiger charge is 2.23. The van der Waals surface area contributed by atoms with E-state index in [0.29, 0.717) is 19.2 Å². The first kappa shape index (κ1) is 14.6. The van der Waals surface area contributed by atoms with Crippen molar-refractivity contribution >= 4 is 0 Å². The van der Waals surface area contributed by atoms with Crippen LogP contribution < -0.4 is 15.0 Å². The molecule has 0 aliphatic carbocycles. The number of aromatic nitrogens is 2. The fourth-order valence-corrected chi connectivity index (χ4v) is 2.38. The Morgan fingerprint density at radius 2 is 2.00 bits per heavy atom. The molecule has 5 heteroatoms. The maximum Gasteiger partial charge on any atom is 0.300 e. The second-order valence-electron chi connectivity index (χ2n) is 6.53. The molecule has 1 unspecified atom stereocenters. The van der Waals surface area contributed by atoms with Crippen LogP contribution in [-0.2, 0) is 12.0 Å². The van der Waals surface area contributed by atoms with E-state index in [1.165, 1.54) is 11.6 Å². The van der Waals surface area contributed by atoms with E-state index in [4.69, 9.17) is 9.47 Å². The van der Waals surface area contributed by atoms with Crippen LogP contribution in [-0.4, -0.2) is 22.3 Å². The fourth-order valence-electron chi connectivity index (χ4n) is 2.38. The van der Waals surface area contributed by atoms with Crippen LogP contribution in [0, 0.1) is 0 Å². The SMILES string of the molecule is CC(C)(C)c1ccc(OCC2Cn3ccc(=O)nc3O2)cc1. The summed E-state index contributed by atoms with van der Waals surface area (Å²) in [4.78, 5) is 15.0. The average molecular weight is 300 g/mol. The number of hydrogen-bond donors (Lipinski definition) is 0. The van der Waals surface area contributed by atoms with Crippen LogP contribution in [0.2, 0.25) is 0 Å². The first-order valence-electron chi connectivity index (χ1n) is 7.39. The van der Waals surface area contributed by atoms with Gasteiger partial charge in [0.15, 0.2) is 6.10 Å². The zero-order valence-corrected chi connectivity index (χ0v) is 13.1. The molecule has 116 valence electrons. The van der Waals surface area contributed by atoms with E-state index in [1.807, 2.05) is 16.7 Å². The summed E-state index contributed by atoms with van der Waals surface area (Å²) >= 11 is 0. The van der Waals surface area contributed by atoms with Crippen molar-refractivity contribution in [3.8, 4) is 11.8 Å². The molecule has 0 saturated heterocycles. The van der Waals surface area contributed by atoms with E-state index in [2.05, 4.69) is 37.9 Å². The Bertz CT molecular complexity index is 714. The Morgan fingerprint density at radius 1 is 1.27 bits per heavy atom. The van der Waals surface area contributed by atoms with Crippen molar-refractivity contribution in [1.29, 1.82) is 0 Å². The zero-order valence-electron chi connectivity index (χ0n) is 13.1. The Kier molecular flexibility index (Phi) is 3.64. The van der Waals surface area contributed by atoms with Crippen LogP contribution in [0.5, 0.6) is 11.8 Å². The lowest BCUT2D eigenvalue weighted by molar-refractivity contribution is 0.143. The van der Waals surface area contributed by atoms with Gasteiger partial charge in [-0.3, -0.25) is 9.36 Å². The molecular weight excluding hydrogens is 280 g/mol. The molecule has 3 rings (SSSR count). The maximum absolute atomic E-state index is 11.2. The Labute approximate surface area is 129 Å². The predicted molar refractivity (Wildman–Crippen MR) is 83.6 cm³/mol. The summed E-state index contributed by atoms with van der Waals surface area (Å²) in [5.41, 5.74) is 1.12. The number of nitrogens with zero attached hydrogens (tertiary/aromatic N) is 2. The molecule has 1 atom stereocenters. The molecule has 0 radical (unpaired) electrons. The van der Waals surface area contributed by atoms with Gasteiger partial charge < -0.3 is 9.47 Å². The van der Waals surface area contributed by atoms with Gasteiger partial charge in [-0.1, -0.05) is 32.9 Å². The van der Waals surface area contributed by atoms with Crippen molar-refractivity contribution in [3.05, 3.63) is 52.4 Å². The first-order valence-corrected chi connectivity index (χ1v) is 7.39. The molecule has 0 spiro atoms. The average Bonchev–Trinajstić information content (AvgIpc) is 2.86. The van der Waals surface area contributed by atoms with Crippen LogP contribution in [0.15, 0.2) is 41.3 Å². The van der Waals surface area contributed by atoms with E-state index in [-0.39, 0.29) is 17.1 Å². The first-order chi connectivity index (χ1) is 10.4. The van der Waals surface area contributed by atoms with Crippen LogP contribution in [0.4, 0.5) is 0 Å². The summed E-state index contributed by atoms with van der Waals surface area (Å²) in [6.07, 6.45) is 1.57. The van der Waals surface area contributed by atoms with E-state index in [9.17, 15) is 4.79 Å². The Balaban J connectivity index is 1.59. The molecule has 5 nitrogen and oxygen atoms in total. The second kappa shape index (κ2) is 5.48. The second-order valence-corrected chi connectivity index (χ2v) is 6.53. The Hall–Kier alpha value is -2.30. The fraction of sp³-hybridized carbons (Fsp3) is 0.412. The molecule has 1 aliphatic heterocycles. The van der Waals surface area contributed by atoms with Gasteiger partial charge >= 0.3 is 0 Å². The van der Waals surface area contributed by atoms with E-state index in [1.54, 1.807) is 6.20 Å². The van der Waals surface area contributed by atoms with Crippen LogP contribution in [0.1, 0.15) is 26.3 Å². The molecule has 1 aliphatic rings. The summed E-state index contributed by atoms with van der Waals surface area (Å²) < 4.78 is 13.2. The third-order valence-electron chi connectivity index (χ3n) is 3.68. The van der Waals surface area contributed by atoms with Gasteiger partial charge in [0.25, 0.3) is 11.6 Å². The van der Waals surface area contributed by atoms with Crippen molar-refractivity contribution in [2.45, 2.75) is 38.8 Å². The molecule has 0 bridgehead atoms. The van der Waals surface area contributed by atoms with Crippen LogP contribution >= 0.6 is 0 Å². The van der Waals surface area contributed by atoms with Gasteiger partial charge in [-0.2, -0.15) is 4.98 Å². The zero-order chi connectivity index (χ0) is 15.7. The minimum atomic E-state index is -0.286. The topological polar surface area (TPSA) is 53.4 Å². The lowest BCUT2D eigenvalue weighted by atomic mass is 9.87. The number of fused-ring (bicyclic) bond motifs is 1. The molecule has 0 saturated carbocycles. The minimum Gasteiger partial charge on any atom is -0.490 e. The number of benzene rings is 1. The van der Waals surface area contributed by atoms with E-state index >= 15 is 0 Å². The predicted octanol–water partition coefficient (Wildman–Crippen LogP) is 2.38. The van der Waals surface area contributed by atoms with Crippen molar-refractivity contribution in [3.63, 3.8) is 0 Å². The summed E-state index contributed by atoms with van der Waals surface area (Å²) in [6.45, 7) is 7.61. The molecule has 2 aromatic rings. The third-order valence-corrected chi connectivity index (χ3v) is 3.68. The van der Waals surface area contributed by atoms with Gasteiger partial charge in [0.2, 0.25) is 0 Å². The van der Waals surface area contributed by atoms with Crippen LogP contribution in [0.3, 0.4) is 0 Å². The number of hydrogen-bond acceptors (Lipinski definition) is 4. The molecule has 22 heavy (non-hydrogen) atoms. The summed E-state index contributed by atoms with van der Waals surface area (Å²) in [5.74, 6) is 0.815. The van der Waals surface area contributed by atoms with Gasteiger partial charge in [-0.15, -0.1) is 0 Å². The summed E-state index contributed by atoms with van der Waals surface area (Å²) in [7, 11) is 0. The molecule has 0 fully saturated rings. The highest BCUT2D eigenvalue weighted by molar-refractivity contribution is 5.31. The minimum absolute atomic E-state index is 0.128. The maximum atomic E-state index is 11.2. The molecule has 0 N–H and O–H groups in total. The normalized spacial score (nSPS) is 17.0. The molecule has 1 aromatic heterocycles. The van der Waals surface area contributed by atoms with E-state index < -0.39 is 0 Å². The highest BCUT2D eigenvalue weighted by Crippen LogP contribution is 2.24. The van der Waals surface area contributed by atoms with Gasteiger partial charge in [-0.05, 0) is 23.1 Å². The van der Waals surface area contributed by atoms with Gasteiger partial charge in [0.05, 0.1) is 6.54 Å². The van der Waals surface area contributed by atoms with Crippen LogP contribution in [0.25, 0.3) is 0 Å². The monoisotopic (exact) mass is 300 g/mol. The lowest BCUT2D eigenvalue weighted by Crippen LogP contribution is -2.23. The van der Waals surface area contributed by atoms with Gasteiger partial charge in [0.1, 0.15) is 12.4 Å². The highest BCUT2D eigenvalue weighted by atomic mass is 16.6. The summed E-state index contributed by atoms with van der Waals surface area (Å²) in [6, 6.07) is 9.91. The van der Waals surface area contributed by atoms with Crippen molar-refractivity contribution in [2.24, 2.45) is 0 Å². The van der Waals surface area contributed by atoms with Crippen molar-refractivity contribution in [2.75, 3.05) is 6.61 Å². The standard InChI is InChI=1S/C17H20N2O3/c1-17(2,3)12-4-6-13(7-5-12)21-11-14-10-19-9-8-15(20)18-16(19)22-14/h4-9,14H,10-11H2,1-3H3. The Morgan fingerprint density at radius 3 is 2.68 bits per heavy atom. The molecular formula is C17H20N2O3. The number of ether oxygens (including phenoxy) is 2. The smallest absolute Gasteiger partial charge is 0.300 e. The molecule has 0 amide bonds. The van der Waals surface area contributed by atoms with Gasteiger partial charge in [0, 0.05) is 12.3 Å². The quantitative estimate of drug-likeness (QED) is 0.873. The lowest BCUT2D eigenvalue weighted by Gasteiger charge is -2.19. The molecule has 2 heterocycles.